The molecule has 2 atom stereocenters. The average molecular weight is 294 g/mol. The summed E-state index contributed by atoms with van der Waals surface area (Å²) in [5, 5.41) is 0. The van der Waals surface area contributed by atoms with Crippen LogP contribution < -0.4 is 10.6 Å². The molecule has 1 aliphatic heterocycles. The lowest BCUT2D eigenvalue weighted by molar-refractivity contribution is 0.0216. The Hall–Kier alpha value is -1.13. The summed E-state index contributed by atoms with van der Waals surface area (Å²) >= 11 is 0. The highest BCUT2D eigenvalue weighted by Crippen LogP contribution is 2.24. The van der Waals surface area contributed by atoms with Crippen molar-refractivity contribution >= 4 is 5.69 Å². The lowest BCUT2D eigenvalue weighted by Crippen LogP contribution is -2.34. The molecule has 2 rings (SSSR count). The van der Waals surface area contributed by atoms with E-state index < -0.39 is 0 Å². The molecule has 1 saturated heterocycles. The molecule has 118 valence electrons. The Morgan fingerprint density at radius 3 is 2.90 bits per heavy atom. The van der Waals surface area contributed by atoms with Crippen molar-refractivity contribution in [2.75, 3.05) is 25.1 Å². The Bertz CT molecular complexity index is 446. The number of hydrogen-bond acceptors (Lipinski definition) is 3. The molecule has 1 fully saturated rings. The molecular weight excluding hydrogens is 267 g/mol. The van der Waals surface area contributed by atoms with Gasteiger partial charge in [-0.3, -0.25) is 0 Å². The summed E-state index contributed by atoms with van der Waals surface area (Å²) in [7, 11) is 2.05. The minimum absolute atomic E-state index is 0.0740. The van der Waals surface area contributed by atoms with Gasteiger partial charge in [0, 0.05) is 31.9 Å². The predicted octanol–water partition coefficient (Wildman–Crippen LogP) is 3.11. The van der Waals surface area contributed by atoms with Crippen molar-refractivity contribution in [3.8, 4) is 0 Å². The topological polar surface area (TPSA) is 38.5 Å². The van der Waals surface area contributed by atoms with E-state index in [9.17, 15) is 4.39 Å². The molecule has 0 aromatic heterocycles. The van der Waals surface area contributed by atoms with E-state index in [4.69, 9.17) is 10.5 Å². The molecule has 3 nitrogen and oxygen atoms in total. The molecule has 0 aliphatic carbocycles. The molecule has 0 amide bonds. The van der Waals surface area contributed by atoms with Gasteiger partial charge in [-0.2, -0.15) is 0 Å². The molecule has 0 bridgehead atoms. The van der Waals surface area contributed by atoms with Crippen LogP contribution in [0.5, 0.6) is 0 Å². The second kappa shape index (κ2) is 7.76. The number of benzene rings is 1. The van der Waals surface area contributed by atoms with Crippen molar-refractivity contribution in [3.63, 3.8) is 0 Å². The van der Waals surface area contributed by atoms with E-state index in [1.165, 1.54) is 12.5 Å². The standard InChI is InChI=1S/C17H27FN2O/c1-3-15(19)11-13-10-14(18)7-8-17(13)20(2)12-16-6-4-5-9-21-16/h7-8,10,15-16H,3-6,9,11-12,19H2,1-2H3. The van der Waals surface area contributed by atoms with Gasteiger partial charge in [0.05, 0.1) is 6.10 Å². The highest BCUT2D eigenvalue weighted by Gasteiger charge is 2.18. The molecule has 2 N–H and O–H groups in total. The molecule has 1 aliphatic rings. The molecule has 1 aromatic rings. The molecule has 2 unspecified atom stereocenters. The van der Waals surface area contributed by atoms with Crippen molar-refractivity contribution in [3.05, 3.63) is 29.6 Å². The summed E-state index contributed by atoms with van der Waals surface area (Å²) in [6.07, 6.45) is 5.38. The van der Waals surface area contributed by atoms with Crippen LogP contribution in [0.25, 0.3) is 0 Å². The van der Waals surface area contributed by atoms with Gasteiger partial charge in [-0.1, -0.05) is 6.92 Å². The minimum atomic E-state index is -0.195. The van der Waals surface area contributed by atoms with Gasteiger partial charge in [0.25, 0.3) is 0 Å². The van der Waals surface area contributed by atoms with Gasteiger partial charge < -0.3 is 15.4 Å². The number of hydrogen-bond donors (Lipinski definition) is 1. The van der Waals surface area contributed by atoms with Crippen molar-refractivity contribution in [2.24, 2.45) is 5.73 Å². The lowest BCUT2D eigenvalue weighted by Gasteiger charge is -2.30. The predicted molar refractivity (Wildman–Crippen MR) is 85.2 cm³/mol. The van der Waals surface area contributed by atoms with Crippen LogP contribution in [0.15, 0.2) is 18.2 Å². The third-order valence-electron chi connectivity index (χ3n) is 4.21. The van der Waals surface area contributed by atoms with Gasteiger partial charge in [0.15, 0.2) is 0 Å². The van der Waals surface area contributed by atoms with E-state index in [1.807, 2.05) is 13.1 Å². The SMILES string of the molecule is CCC(N)Cc1cc(F)ccc1N(C)CC1CCCCO1. The first kappa shape index (κ1) is 16.2. The summed E-state index contributed by atoms with van der Waals surface area (Å²) in [5.41, 5.74) is 8.10. The van der Waals surface area contributed by atoms with E-state index in [0.717, 1.165) is 43.7 Å². The number of rotatable bonds is 6. The molecule has 21 heavy (non-hydrogen) atoms. The van der Waals surface area contributed by atoms with Crippen LogP contribution in [0.4, 0.5) is 10.1 Å². The van der Waals surface area contributed by atoms with Gasteiger partial charge in [-0.15, -0.1) is 0 Å². The molecule has 0 spiro atoms. The van der Waals surface area contributed by atoms with Crippen LogP contribution in [0.2, 0.25) is 0 Å². The summed E-state index contributed by atoms with van der Waals surface area (Å²) in [4.78, 5) is 2.17. The Morgan fingerprint density at radius 2 is 2.24 bits per heavy atom. The molecule has 0 radical (unpaired) electrons. The van der Waals surface area contributed by atoms with Gasteiger partial charge >= 0.3 is 0 Å². The molecule has 1 heterocycles. The van der Waals surface area contributed by atoms with Crippen LogP contribution >= 0.6 is 0 Å². The molecule has 1 aromatic carbocycles. The van der Waals surface area contributed by atoms with Crippen LogP contribution in [0.3, 0.4) is 0 Å². The minimum Gasteiger partial charge on any atom is -0.376 e. The molecule has 4 heteroatoms. The van der Waals surface area contributed by atoms with Crippen molar-refractivity contribution in [1.29, 1.82) is 0 Å². The number of ether oxygens (including phenoxy) is 1. The third-order valence-corrected chi connectivity index (χ3v) is 4.21. The van der Waals surface area contributed by atoms with Crippen molar-refractivity contribution < 1.29 is 9.13 Å². The van der Waals surface area contributed by atoms with Gasteiger partial charge in [0.2, 0.25) is 0 Å². The maximum Gasteiger partial charge on any atom is 0.123 e. The first-order valence-corrected chi connectivity index (χ1v) is 7.97. The first-order valence-electron chi connectivity index (χ1n) is 7.97. The highest BCUT2D eigenvalue weighted by molar-refractivity contribution is 5.53. The van der Waals surface area contributed by atoms with Gasteiger partial charge in [-0.25, -0.2) is 4.39 Å². The van der Waals surface area contributed by atoms with E-state index in [1.54, 1.807) is 6.07 Å². The first-order chi connectivity index (χ1) is 10.1. The summed E-state index contributed by atoms with van der Waals surface area (Å²) in [6, 6.07) is 5.07. The van der Waals surface area contributed by atoms with Crippen LogP contribution in [0.1, 0.15) is 38.2 Å². The van der Waals surface area contributed by atoms with Crippen molar-refractivity contribution in [1.82, 2.24) is 0 Å². The van der Waals surface area contributed by atoms with E-state index in [0.29, 0.717) is 6.42 Å². The summed E-state index contributed by atoms with van der Waals surface area (Å²) < 4.78 is 19.3. The number of nitrogens with two attached hydrogens (primary N) is 1. The lowest BCUT2D eigenvalue weighted by atomic mass is 10.0. The Balaban J connectivity index is 2.09. The van der Waals surface area contributed by atoms with Gasteiger partial charge in [-0.05, 0) is 55.9 Å². The molecular formula is C17H27FN2O. The second-order valence-corrected chi connectivity index (χ2v) is 6.01. The Kier molecular flexibility index (Phi) is 6.00. The van der Waals surface area contributed by atoms with E-state index >= 15 is 0 Å². The molecule has 0 saturated carbocycles. The zero-order chi connectivity index (χ0) is 15.2. The zero-order valence-corrected chi connectivity index (χ0v) is 13.1. The smallest absolute Gasteiger partial charge is 0.123 e. The monoisotopic (exact) mass is 294 g/mol. The van der Waals surface area contributed by atoms with E-state index in [2.05, 4.69) is 11.8 Å². The highest BCUT2D eigenvalue weighted by atomic mass is 19.1. The fourth-order valence-corrected chi connectivity index (χ4v) is 2.87. The van der Waals surface area contributed by atoms with Crippen LogP contribution in [0, 0.1) is 5.82 Å². The zero-order valence-electron chi connectivity index (χ0n) is 13.1. The fraction of sp³-hybridized carbons (Fsp3) is 0.647. The largest absolute Gasteiger partial charge is 0.376 e. The maximum atomic E-state index is 13.5. The normalized spacial score (nSPS) is 20.3. The summed E-state index contributed by atoms with van der Waals surface area (Å²) in [6.45, 7) is 3.76. The third kappa shape index (κ3) is 4.68. The number of likely N-dealkylation sites (N-methyl/N-ethyl adjacent to an activating group) is 1. The average Bonchev–Trinajstić information content (AvgIpc) is 2.48. The quantitative estimate of drug-likeness (QED) is 0.876. The van der Waals surface area contributed by atoms with Gasteiger partial charge in [0.1, 0.15) is 5.82 Å². The fourth-order valence-electron chi connectivity index (χ4n) is 2.87. The second-order valence-electron chi connectivity index (χ2n) is 6.01. The number of halogens is 1. The number of nitrogens with zero attached hydrogens (tertiary/aromatic N) is 1. The Labute approximate surface area is 127 Å². The van der Waals surface area contributed by atoms with Crippen LogP contribution in [-0.2, 0) is 11.2 Å². The number of anilines is 1. The van der Waals surface area contributed by atoms with Crippen molar-refractivity contribution in [2.45, 2.75) is 51.2 Å². The van der Waals surface area contributed by atoms with E-state index in [-0.39, 0.29) is 18.0 Å². The maximum absolute atomic E-state index is 13.5. The Morgan fingerprint density at radius 1 is 1.43 bits per heavy atom. The summed E-state index contributed by atoms with van der Waals surface area (Å²) in [5.74, 6) is -0.195. The van der Waals surface area contributed by atoms with Crippen LogP contribution in [-0.4, -0.2) is 32.3 Å².